The van der Waals surface area contributed by atoms with Gasteiger partial charge in [0.15, 0.2) is 0 Å². The van der Waals surface area contributed by atoms with Gasteiger partial charge in [0.2, 0.25) is 0 Å². The van der Waals surface area contributed by atoms with Gasteiger partial charge in [-0.15, -0.1) is 0 Å². The summed E-state index contributed by atoms with van der Waals surface area (Å²) < 4.78 is 5.77. The molecule has 0 aromatic carbocycles. The van der Waals surface area contributed by atoms with Gasteiger partial charge in [-0.25, -0.2) is 0 Å². The molecule has 0 aromatic heterocycles. The van der Waals surface area contributed by atoms with Gasteiger partial charge in [-0.2, -0.15) is 0 Å². The molecule has 78 valence electrons. The average molecular weight is 194 g/mol. The predicted octanol–water partition coefficient (Wildman–Crippen LogP) is 2.54. The summed E-state index contributed by atoms with van der Waals surface area (Å²) in [4.78, 5) is 0. The van der Waals surface area contributed by atoms with E-state index in [0.29, 0.717) is 0 Å². The fourth-order valence-corrected chi connectivity index (χ4v) is 2.01. The molecule has 14 heavy (non-hydrogen) atoms. The third-order valence-corrected chi connectivity index (χ3v) is 2.85. The molecule has 2 nitrogen and oxygen atoms in total. The summed E-state index contributed by atoms with van der Waals surface area (Å²) >= 11 is 0. The normalized spacial score (nSPS) is 32.5. The minimum atomic E-state index is -0.362. The highest BCUT2D eigenvalue weighted by molar-refractivity contribution is 5.06. The van der Waals surface area contributed by atoms with Crippen molar-refractivity contribution < 1.29 is 9.84 Å². The highest BCUT2D eigenvalue weighted by atomic mass is 16.5. The van der Waals surface area contributed by atoms with Crippen molar-refractivity contribution in [3.05, 3.63) is 24.0 Å². The summed E-state index contributed by atoms with van der Waals surface area (Å²) in [6, 6.07) is 0. The van der Waals surface area contributed by atoms with Crippen LogP contribution >= 0.6 is 0 Å². The van der Waals surface area contributed by atoms with Crippen LogP contribution in [0.3, 0.4) is 0 Å². The van der Waals surface area contributed by atoms with E-state index in [-0.39, 0.29) is 12.2 Å². The second kappa shape index (κ2) is 4.65. The lowest BCUT2D eigenvalue weighted by Gasteiger charge is -2.25. The quantitative estimate of drug-likeness (QED) is 0.684. The molecule has 0 aliphatic heterocycles. The summed E-state index contributed by atoms with van der Waals surface area (Å²) in [6.07, 6.45) is 12.6. The molecule has 0 aromatic rings. The van der Waals surface area contributed by atoms with Crippen LogP contribution in [0, 0.1) is 0 Å². The van der Waals surface area contributed by atoms with E-state index in [1.165, 1.54) is 12.8 Å². The molecule has 2 aliphatic carbocycles. The maximum Gasteiger partial charge on any atom is 0.121 e. The predicted molar refractivity (Wildman–Crippen MR) is 55.8 cm³/mol. The highest BCUT2D eigenvalue weighted by Gasteiger charge is 2.19. The Hall–Kier alpha value is -0.760. The van der Waals surface area contributed by atoms with Gasteiger partial charge in [0.1, 0.15) is 18.0 Å². The maximum absolute atomic E-state index is 9.68. The van der Waals surface area contributed by atoms with E-state index in [0.717, 1.165) is 31.4 Å². The van der Waals surface area contributed by atoms with Gasteiger partial charge in [0, 0.05) is 0 Å². The Bertz CT molecular complexity index is 243. The van der Waals surface area contributed by atoms with E-state index in [9.17, 15) is 5.11 Å². The first-order chi connectivity index (χ1) is 6.86. The largest absolute Gasteiger partial charge is 0.488 e. The smallest absolute Gasteiger partial charge is 0.121 e. The van der Waals surface area contributed by atoms with E-state index in [2.05, 4.69) is 12.2 Å². The van der Waals surface area contributed by atoms with Crippen LogP contribution in [0.25, 0.3) is 0 Å². The molecule has 0 bridgehead atoms. The van der Waals surface area contributed by atoms with Crippen LogP contribution in [-0.2, 0) is 4.74 Å². The van der Waals surface area contributed by atoms with Crippen molar-refractivity contribution in [2.24, 2.45) is 0 Å². The van der Waals surface area contributed by atoms with Gasteiger partial charge in [-0.1, -0.05) is 6.08 Å². The van der Waals surface area contributed by atoms with Crippen molar-refractivity contribution >= 4 is 0 Å². The summed E-state index contributed by atoms with van der Waals surface area (Å²) in [5.41, 5.74) is 0. The lowest BCUT2D eigenvalue weighted by atomic mass is 10.0. The molecular weight excluding hydrogens is 176 g/mol. The number of hydrogen-bond donors (Lipinski definition) is 1. The third-order valence-electron chi connectivity index (χ3n) is 2.85. The van der Waals surface area contributed by atoms with Crippen molar-refractivity contribution in [3.8, 4) is 0 Å². The van der Waals surface area contributed by atoms with Crippen molar-refractivity contribution in [3.63, 3.8) is 0 Å². The molecule has 0 spiro atoms. The summed E-state index contributed by atoms with van der Waals surface area (Å²) in [6.45, 7) is 0. The van der Waals surface area contributed by atoms with Crippen LogP contribution in [0.4, 0.5) is 0 Å². The number of aliphatic hydroxyl groups is 1. The fraction of sp³-hybridized carbons (Fsp3) is 0.667. The van der Waals surface area contributed by atoms with Gasteiger partial charge in [-0.05, 0) is 50.7 Å². The molecule has 1 N–H and O–H groups in total. The Labute approximate surface area is 85.3 Å². The highest BCUT2D eigenvalue weighted by Crippen LogP contribution is 2.23. The number of hydrogen-bond acceptors (Lipinski definition) is 2. The number of aliphatic hydroxyl groups excluding tert-OH is 1. The maximum atomic E-state index is 9.68. The van der Waals surface area contributed by atoms with E-state index >= 15 is 0 Å². The minimum Gasteiger partial charge on any atom is -0.488 e. The van der Waals surface area contributed by atoms with Gasteiger partial charge >= 0.3 is 0 Å². The lowest BCUT2D eigenvalue weighted by Crippen LogP contribution is -2.21. The van der Waals surface area contributed by atoms with Crippen LogP contribution in [-0.4, -0.2) is 17.3 Å². The molecule has 2 rings (SSSR count). The van der Waals surface area contributed by atoms with E-state index in [4.69, 9.17) is 4.74 Å². The lowest BCUT2D eigenvalue weighted by molar-refractivity contribution is 0.0572. The zero-order valence-electron chi connectivity index (χ0n) is 8.48. The Morgan fingerprint density at radius 3 is 2.79 bits per heavy atom. The molecule has 0 saturated carbocycles. The van der Waals surface area contributed by atoms with Crippen LogP contribution in [0.1, 0.15) is 38.5 Å². The molecule has 0 saturated heterocycles. The van der Waals surface area contributed by atoms with Gasteiger partial charge < -0.3 is 9.84 Å². The topological polar surface area (TPSA) is 29.5 Å². The molecule has 0 amide bonds. The number of allylic oxidation sites excluding steroid dienone is 2. The zero-order chi connectivity index (χ0) is 9.80. The van der Waals surface area contributed by atoms with E-state index in [1.807, 2.05) is 6.08 Å². The summed E-state index contributed by atoms with van der Waals surface area (Å²) in [5, 5.41) is 9.68. The van der Waals surface area contributed by atoms with Crippen molar-refractivity contribution in [1.29, 1.82) is 0 Å². The van der Waals surface area contributed by atoms with Gasteiger partial charge in [0.05, 0.1) is 0 Å². The summed E-state index contributed by atoms with van der Waals surface area (Å²) in [7, 11) is 0. The molecule has 0 fully saturated rings. The van der Waals surface area contributed by atoms with Gasteiger partial charge in [-0.3, -0.25) is 0 Å². The zero-order valence-corrected chi connectivity index (χ0v) is 8.48. The molecule has 2 unspecified atom stereocenters. The minimum absolute atomic E-state index is 0.197. The number of ether oxygens (including phenoxy) is 1. The van der Waals surface area contributed by atoms with E-state index in [1.54, 1.807) is 0 Å². The standard InChI is InChI=1S/C12H18O2/c13-11-8-4-5-9-12(11)14-10-6-2-1-3-7-10/h2,6,9-11,13H,1,3-5,7-8H2. The third kappa shape index (κ3) is 2.38. The molecular formula is C12H18O2. The van der Waals surface area contributed by atoms with Crippen LogP contribution in [0.2, 0.25) is 0 Å². The Balaban J connectivity index is 1.92. The van der Waals surface area contributed by atoms with E-state index < -0.39 is 0 Å². The van der Waals surface area contributed by atoms with Gasteiger partial charge in [0.25, 0.3) is 0 Å². The Morgan fingerprint density at radius 2 is 2.07 bits per heavy atom. The van der Waals surface area contributed by atoms with Crippen molar-refractivity contribution in [2.75, 3.05) is 0 Å². The first-order valence-electron chi connectivity index (χ1n) is 5.58. The van der Waals surface area contributed by atoms with Crippen LogP contribution in [0.5, 0.6) is 0 Å². The molecule has 2 atom stereocenters. The van der Waals surface area contributed by atoms with Crippen molar-refractivity contribution in [2.45, 2.75) is 50.7 Å². The average Bonchev–Trinajstić information content (AvgIpc) is 2.23. The first kappa shape index (κ1) is 9.78. The Kier molecular flexibility index (Phi) is 3.25. The SMILES string of the molecule is OC1CCCC=C1OC1C=CCCC1. The number of rotatable bonds is 2. The second-order valence-corrected chi connectivity index (χ2v) is 4.07. The second-order valence-electron chi connectivity index (χ2n) is 4.07. The first-order valence-corrected chi connectivity index (χ1v) is 5.58. The molecule has 0 heterocycles. The Morgan fingerprint density at radius 1 is 1.21 bits per heavy atom. The fourth-order valence-electron chi connectivity index (χ4n) is 2.01. The van der Waals surface area contributed by atoms with Crippen LogP contribution < -0.4 is 0 Å². The molecule has 0 radical (unpaired) electrons. The summed E-state index contributed by atoms with van der Waals surface area (Å²) in [5.74, 6) is 0.799. The molecule has 2 aliphatic rings. The van der Waals surface area contributed by atoms with Crippen LogP contribution in [0.15, 0.2) is 24.0 Å². The monoisotopic (exact) mass is 194 g/mol. The van der Waals surface area contributed by atoms with Crippen molar-refractivity contribution in [1.82, 2.24) is 0 Å². The molecule has 2 heteroatoms.